The van der Waals surface area contributed by atoms with Gasteiger partial charge in [0.25, 0.3) is 0 Å². The van der Waals surface area contributed by atoms with Crippen LogP contribution in [-0.2, 0) is 11.3 Å². The summed E-state index contributed by atoms with van der Waals surface area (Å²) in [7, 11) is 0. The monoisotopic (exact) mass is 294 g/mol. The highest BCUT2D eigenvalue weighted by molar-refractivity contribution is 7.80. The van der Waals surface area contributed by atoms with Crippen molar-refractivity contribution in [3.63, 3.8) is 0 Å². The van der Waals surface area contributed by atoms with Crippen molar-refractivity contribution in [2.45, 2.75) is 38.6 Å². The third-order valence-electron chi connectivity index (χ3n) is 3.61. The second-order valence-electron chi connectivity index (χ2n) is 5.15. The van der Waals surface area contributed by atoms with E-state index in [0.29, 0.717) is 30.6 Å². The molecule has 1 aliphatic rings. The van der Waals surface area contributed by atoms with E-state index in [-0.39, 0.29) is 16.7 Å². The van der Waals surface area contributed by atoms with E-state index < -0.39 is 0 Å². The van der Waals surface area contributed by atoms with Crippen LogP contribution in [0.25, 0.3) is 0 Å². The number of likely N-dealkylation sites (tertiary alicyclic amines) is 1. The van der Waals surface area contributed by atoms with Crippen molar-refractivity contribution in [3.05, 3.63) is 35.1 Å². The van der Waals surface area contributed by atoms with Crippen molar-refractivity contribution in [2.24, 2.45) is 5.73 Å². The molecule has 1 heterocycles. The fraction of sp³-hybridized carbons (Fsp3) is 0.467. The van der Waals surface area contributed by atoms with Gasteiger partial charge in [-0.05, 0) is 31.0 Å². The molecule has 2 rings (SSSR count). The number of benzene rings is 1. The summed E-state index contributed by atoms with van der Waals surface area (Å²) in [6.45, 7) is 0.983. The smallest absolute Gasteiger partial charge is 0.222 e. The van der Waals surface area contributed by atoms with Gasteiger partial charge >= 0.3 is 0 Å². The molecule has 20 heavy (non-hydrogen) atoms. The summed E-state index contributed by atoms with van der Waals surface area (Å²) in [6.07, 6.45) is 4.67. The summed E-state index contributed by atoms with van der Waals surface area (Å²) >= 11 is 4.91. The van der Waals surface area contributed by atoms with Gasteiger partial charge in [0.1, 0.15) is 10.8 Å². The van der Waals surface area contributed by atoms with Gasteiger partial charge in [-0.15, -0.1) is 0 Å². The first-order valence-electron chi connectivity index (χ1n) is 6.94. The van der Waals surface area contributed by atoms with E-state index in [1.165, 1.54) is 6.07 Å². The number of nitrogens with two attached hydrogens (primary N) is 1. The average molecular weight is 294 g/mol. The quantitative estimate of drug-likeness (QED) is 0.872. The van der Waals surface area contributed by atoms with Gasteiger partial charge in [-0.1, -0.05) is 25.1 Å². The molecule has 0 unspecified atom stereocenters. The number of halogens is 1. The topological polar surface area (TPSA) is 46.3 Å². The van der Waals surface area contributed by atoms with E-state index in [1.54, 1.807) is 17.0 Å². The number of thiocarbonyl (C=S) groups is 1. The zero-order valence-electron chi connectivity index (χ0n) is 11.4. The third kappa shape index (κ3) is 3.76. The molecule has 5 heteroatoms. The highest BCUT2D eigenvalue weighted by Gasteiger charge is 2.17. The maximum atomic E-state index is 13.9. The van der Waals surface area contributed by atoms with Crippen molar-refractivity contribution in [1.82, 2.24) is 4.90 Å². The molecule has 0 saturated carbocycles. The largest absolute Gasteiger partial charge is 0.389 e. The van der Waals surface area contributed by atoms with Gasteiger partial charge in [-0.3, -0.25) is 4.79 Å². The molecule has 3 nitrogen and oxygen atoms in total. The summed E-state index contributed by atoms with van der Waals surface area (Å²) in [4.78, 5) is 14.0. The van der Waals surface area contributed by atoms with E-state index in [2.05, 4.69) is 0 Å². The second-order valence-corrected chi connectivity index (χ2v) is 5.59. The van der Waals surface area contributed by atoms with Crippen molar-refractivity contribution in [3.8, 4) is 0 Å². The first-order valence-corrected chi connectivity index (χ1v) is 7.35. The minimum absolute atomic E-state index is 0.102. The number of carbonyl (C=O) groups is 1. The first-order chi connectivity index (χ1) is 9.58. The van der Waals surface area contributed by atoms with E-state index in [1.807, 2.05) is 0 Å². The van der Waals surface area contributed by atoms with Crippen LogP contribution in [0.5, 0.6) is 0 Å². The minimum Gasteiger partial charge on any atom is -0.389 e. The fourth-order valence-corrected chi connectivity index (χ4v) is 2.56. The van der Waals surface area contributed by atoms with E-state index in [9.17, 15) is 9.18 Å². The van der Waals surface area contributed by atoms with E-state index >= 15 is 0 Å². The standard InChI is InChI=1S/C15H19FN2OS/c16-13-7-6-11(15(17)20)9-12(13)10-18-8-4-2-1-3-5-14(18)19/h6-7,9H,1-5,8,10H2,(H2,17,20). The molecular formula is C15H19FN2OS. The summed E-state index contributed by atoms with van der Waals surface area (Å²) in [5.74, 6) is -0.218. The number of nitrogens with zero attached hydrogens (tertiary/aromatic N) is 1. The zero-order chi connectivity index (χ0) is 14.5. The molecule has 0 aromatic heterocycles. The van der Waals surface area contributed by atoms with Gasteiger partial charge in [0.05, 0.1) is 0 Å². The molecule has 0 bridgehead atoms. The third-order valence-corrected chi connectivity index (χ3v) is 3.85. The number of hydrogen-bond acceptors (Lipinski definition) is 2. The zero-order valence-corrected chi connectivity index (χ0v) is 12.2. The van der Waals surface area contributed by atoms with Crippen molar-refractivity contribution < 1.29 is 9.18 Å². The molecule has 1 amide bonds. The second kappa shape index (κ2) is 6.79. The van der Waals surface area contributed by atoms with Crippen molar-refractivity contribution in [2.75, 3.05) is 6.54 Å². The van der Waals surface area contributed by atoms with Crippen molar-refractivity contribution in [1.29, 1.82) is 0 Å². The predicted octanol–water partition coefficient (Wildman–Crippen LogP) is 2.75. The lowest BCUT2D eigenvalue weighted by Crippen LogP contribution is -2.32. The van der Waals surface area contributed by atoms with Crippen LogP contribution in [0.2, 0.25) is 0 Å². The van der Waals surface area contributed by atoms with Gasteiger partial charge < -0.3 is 10.6 Å². The Morgan fingerprint density at radius 3 is 2.80 bits per heavy atom. The van der Waals surface area contributed by atoms with Gasteiger partial charge in [-0.2, -0.15) is 0 Å². The maximum absolute atomic E-state index is 13.9. The molecule has 1 aromatic carbocycles. The Morgan fingerprint density at radius 2 is 2.05 bits per heavy atom. The molecule has 1 aliphatic heterocycles. The lowest BCUT2D eigenvalue weighted by atomic mass is 10.1. The molecule has 0 spiro atoms. The summed E-state index contributed by atoms with van der Waals surface area (Å²) < 4.78 is 13.9. The average Bonchev–Trinajstić information content (AvgIpc) is 2.40. The van der Waals surface area contributed by atoms with E-state index in [4.69, 9.17) is 18.0 Å². The molecule has 1 aromatic rings. The Bertz CT molecular complexity index is 519. The number of carbonyl (C=O) groups excluding carboxylic acids is 1. The molecule has 1 fully saturated rings. The Labute approximate surface area is 123 Å². The highest BCUT2D eigenvalue weighted by Crippen LogP contribution is 2.17. The minimum atomic E-state index is -0.320. The Hall–Kier alpha value is -1.49. The Balaban J connectivity index is 2.16. The molecule has 1 saturated heterocycles. The normalized spacial score (nSPS) is 16.6. The summed E-state index contributed by atoms with van der Waals surface area (Å²) in [5.41, 5.74) is 6.68. The van der Waals surface area contributed by atoms with Gasteiger partial charge in [0.2, 0.25) is 5.91 Å². The molecule has 0 radical (unpaired) electrons. The number of hydrogen-bond donors (Lipinski definition) is 1. The molecular weight excluding hydrogens is 275 g/mol. The van der Waals surface area contributed by atoms with Gasteiger partial charge in [0.15, 0.2) is 0 Å². The van der Waals surface area contributed by atoms with Crippen LogP contribution in [0.4, 0.5) is 4.39 Å². The highest BCUT2D eigenvalue weighted by atomic mass is 32.1. The van der Waals surface area contributed by atoms with Crippen LogP contribution in [-0.4, -0.2) is 22.3 Å². The lowest BCUT2D eigenvalue weighted by molar-refractivity contribution is -0.132. The number of amides is 1. The Morgan fingerprint density at radius 1 is 1.30 bits per heavy atom. The van der Waals surface area contributed by atoms with Crippen LogP contribution in [0.1, 0.15) is 43.2 Å². The van der Waals surface area contributed by atoms with Crippen LogP contribution >= 0.6 is 12.2 Å². The predicted molar refractivity (Wildman–Crippen MR) is 80.8 cm³/mol. The fourth-order valence-electron chi connectivity index (χ4n) is 2.44. The van der Waals surface area contributed by atoms with Crippen LogP contribution in [0, 0.1) is 5.82 Å². The van der Waals surface area contributed by atoms with E-state index in [0.717, 1.165) is 25.7 Å². The summed E-state index contributed by atoms with van der Waals surface area (Å²) in [5, 5.41) is 0. The molecule has 0 atom stereocenters. The molecule has 2 N–H and O–H groups in total. The van der Waals surface area contributed by atoms with Crippen LogP contribution < -0.4 is 5.73 Å². The van der Waals surface area contributed by atoms with Gasteiger partial charge in [0, 0.05) is 30.6 Å². The van der Waals surface area contributed by atoms with Gasteiger partial charge in [-0.25, -0.2) is 4.39 Å². The maximum Gasteiger partial charge on any atom is 0.222 e. The van der Waals surface area contributed by atoms with Crippen LogP contribution in [0.3, 0.4) is 0 Å². The molecule has 108 valence electrons. The summed E-state index contributed by atoms with van der Waals surface area (Å²) in [6, 6.07) is 4.57. The van der Waals surface area contributed by atoms with Crippen molar-refractivity contribution >= 4 is 23.1 Å². The first kappa shape index (κ1) is 14.9. The van der Waals surface area contributed by atoms with Crippen LogP contribution in [0.15, 0.2) is 18.2 Å². The Kier molecular flexibility index (Phi) is 5.06. The molecule has 0 aliphatic carbocycles. The SMILES string of the molecule is NC(=S)c1ccc(F)c(CN2CCCCCCC2=O)c1. The lowest BCUT2D eigenvalue weighted by Gasteiger charge is -2.25. The number of rotatable bonds is 3.